The molecule has 8 heteroatoms. The number of benzene rings is 1. The van der Waals surface area contributed by atoms with Crippen molar-refractivity contribution in [3.63, 3.8) is 0 Å². The fourth-order valence-corrected chi connectivity index (χ4v) is 2.41. The molecule has 23 heavy (non-hydrogen) atoms. The van der Waals surface area contributed by atoms with Gasteiger partial charge in [-0.25, -0.2) is 4.79 Å². The molecule has 1 atom stereocenters. The van der Waals surface area contributed by atoms with Crippen LogP contribution < -0.4 is 4.74 Å². The first kappa shape index (κ1) is 17.1. The molecule has 0 spiro atoms. The number of halogens is 1. The van der Waals surface area contributed by atoms with Gasteiger partial charge in [0, 0.05) is 6.42 Å². The number of allylic oxidation sites excluding steroid dienone is 1. The summed E-state index contributed by atoms with van der Waals surface area (Å²) >= 11 is 2.99. The van der Waals surface area contributed by atoms with Crippen LogP contribution in [-0.4, -0.2) is 28.8 Å². The second kappa shape index (κ2) is 6.91. The molecule has 7 nitrogen and oxygen atoms in total. The third-order valence-electron chi connectivity index (χ3n) is 3.44. The average molecular weight is 384 g/mol. The zero-order valence-electron chi connectivity index (χ0n) is 12.5. The van der Waals surface area contributed by atoms with Crippen LogP contribution in [0.15, 0.2) is 23.9 Å². The molecule has 0 aliphatic heterocycles. The van der Waals surface area contributed by atoms with Crippen molar-refractivity contribution in [2.24, 2.45) is 0 Å². The highest BCUT2D eigenvalue weighted by Crippen LogP contribution is 2.34. The average Bonchev–Trinajstić information content (AvgIpc) is 2.52. The summed E-state index contributed by atoms with van der Waals surface area (Å²) in [7, 11) is 1.51. The number of aryl methyl sites for hydroxylation is 1. The molecule has 1 aromatic carbocycles. The first-order chi connectivity index (χ1) is 10.8. The van der Waals surface area contributed by atoms with Crippen LogP contribution in [0.5, 0.6) is 5.75 Å². The lowest BCUT2D eigenvalue weighted by atomic mass is 9.88. The summed E-state index contributed by atoms with van der Waals surface area (Å²) in [6.07, 6.45) is 0.484. The van der Waals surface area contributed by atoms with Gasteiger partial charge < -0.3 is 9.47 Å². The van der Waals surface area contributed by atoms with Crippen molar-refractivity contribution in [2.75, 3.05) is 7.11 Å². The summed E-state index contributed by atoms with van der Waals surface area (Å²) in [6, 6.07) is 4.88. The molecule has 1 aromatic rings. The molecule has 122 valence electrons. The number of hydrogen-bond acceptors (Lipinski definition) is 6. The molecule has 1 aliphatic rings. The van der Waals surface area contributed by atoms with Crippen molar-refractivity contribution in [1.82, 2.24) is 0 Å². The number of carbonyl (C=O) groups is 2. The second-order valence-electron chi connectivity index (χ2n) is 4.93. The number of carbonyl (C=O) groups excluding carboxylic acids is 2. The number of fused-ring (bicyclic) bond motifs is 1. The Kier molecular flexibility index (Phi) is 5.15. The van der Waals surface area contributed by atoms with E-state index in [-0.39, 0.29) is 17.7 Å². The quantitative estimate of drug-likeness (QED) is 0.260. The normalized spacial score (nSPS) is 14.7. The summed E-state index contributed by atoms with van der Waals surface area (Å²) in [6.45, 7) is 1.50. The SMILES string of the molecule is COc1ccc2c(c1)CCC([N+](=O)[O-])=C2C(=O)OC(=O)[C@@H](C)Br. The maximum Gasteiger partial charge on any atom is 0.353 e. The summed E-state index contributed by atoms with van der Waals surface area (Å²) in [5.74, 6) is -1.23. The summed E-state index contributed by atoms with van der Waals surface area (Å²) in [5.41, 5.74) is 0.702. The lowest BCUT2D eigenvalue weighted by Crippen LogP contribution is -2.23. The molecule has 0 saturated heterocycles. The fraction of sp³-hybridized carbons (Fsp3) is 0.333. The van der Waals surface area contributed by atoms with Crippen molar-refractivity contribution in [3.8, 4) is 5.75 Å². The van der Waals surface area contributed by atoms with E-state index in [0.29, 0.717) is 17.7 Å². The maximum atomic E-state index is 12.3. The third kappa shape index (κ3) is 3.58. The number of esters is 2. The Bertz CT molecular complexity index is 710. The van der Waals surface area contributed by atoms with Gasteiger partial charge in [-0.2, -0.15) is 0 Å². The van der Waals surface area contributed by atoms with Gasteiger partial charge in [0.1, 0.15) is 16.1 Å². The fourth-order valence-electron chi connectivity index (χ4n) is 2.32. The van der Waals surface area contributed by atoms with E-state index >= 15 is 0 Å². The maximum absolute atomic E-state index is 12.3. The predicted octanol–water partition coefficient (Wildman–Crippen LogP) is 2.48. The van der Waals surface area contributed by atoms with Gasteiger partial charge in [0.05, 0.1) is 12.0 Å². The number of ether oxygens (including phenoxy) is 2. The van der Waals surface area contributed by atoms with E-state index in [4.69, 9.17) is 9.47 Å². The molecule has 0 fully saturated rings. The van der Waals surface area contributed by atoms with Crippen molar-refractivity contribution in [3.05, 3.63) is 45.1 Å². The number of nitrogens with zero attached hydrogens (tertiary/aromatic N) is 1. The van der Waals surface area contributed by atoms with E-state index < -0.39 is 21.7 Å². The number of hydrogen-bond donors (Lipinski definition) is 0. The van der Waals surface area contributed by atoms with Gasteiger partial charge in [-0.3, -0.25) is 14.9 Å². The predicted molar refractivity (Wildman–Crippen MR) is 84.7 cm³/mol. The van der Waals surface area contributed by atoms with Gasteiger partial charge in [0.25, 0.3) is 5.70 Å². The number of rotatable bonds is 4. The monoisotopic (exact) mass is 383 g/mol. The van der Waals surface area contributed by atoms with Gasteiger partial charge in [-0.15, -0.1) is 0 Å². The molecule has 0 N–H and O–H groups in total. The van der Waals surface area contributed by atoms with Gasteiger partial charge in [0.2, 0.25) is 0 Å². The molecule has 0 aromatic heterocycles. The molecule has 1 aliphatic carbocycles. The van der Waals surface area contributed by atoms with Gasteiger partial charge in [-0.05, 0) is 42.7 Å². The van der Waals surface area contributed by atoms with Crippen molar-refractivity contribution in [1.29, 1.82) is 0 Å². The standard InChI is InChI=1S/C15H14BrNO6/c1-8(16)14(18)23-15(19)13-11-5-4-10(22-2)7-9(11)3-6-12(13)17(20)21/h4-5,7-8H,3,6H2,1-2H3/t8-/m1/s1. The smallest absolute Gasteiger partial charge is 0.353 e. The van der Waals surface area contributed by atoms with Crippen molar-refractivity contribution >= 4 is 33.4 Å². The Morgan fingerprint density at radius 3 is 2.61 bits per heavy atom. The minimum absolute atomic E-state index is 0.0790. The minimum Gasteiger partial charge on any atom is -0.497 e. The van der Waals surface area contributed by atoms with Crippen LogP contribution in [0.2, 0.25) is 0 Å². The molecule has 0 radical (unpaired) electrons. The molecule has 0 amide bonds. The first-order valence-corrected chi connectivity index (χ1v) is 7.71. The lowest BCUT2D eigenvalue weighted by Gasteiger charge is -2.18. The number of alkyl halides is 1. The van der Waals surface area contributed by atoms with Crippen LogP contribution >= 0.6 is 15.9 Å². The molecule has 0 unspecified atom stereocenters. The first-order valence-electron chi connectivity index (χ1n) is 6.80. The summed E-state index contributed by atoms with van der Waals surface area (Å²) < 4.78 is 9.85. The summed E-state index contributed by atoms with van der Waals surface area (Å²) in [4.78, 5) is 33.8. The molecule has 0 heterocycles. The highest BCUT2D eigenvalue weighted by Gasteiger charge is 2.34. The summed E-state index contributed by atoms with van der Waals surface area (Å²) in [5, 5.41) is 11.2. The van der Waals surface area contributed by atoms with Crippen LogP contribution in [0.4, 0.5) is 0 Å². The van der Waals surface area contributed by atoms with Gasteiger partial charge >= 0.3 is 11.9 Å². The molecular weight excluding hydrogens is 370 g/mol. The molecule has 0 bridgehead atoms. The van der Waals surface area contributed by atoms with E-state index in [1.54, 1.807) is 18.2 Å². The van der Waals surface area contributed by atoms with Crippen LogP contribution in [0.1, 0.15) is 24.5 Å². The highest BCUT2D eigenvalue weighted by atomic mass is 79.9. The van der Waals surface area contributed by atoms with Crippen LogP contribution in [-0.2, 0) is 20.7 Å². The van der Waals surface area contributed by atoms with Gasteiger partial charge in [-0.1, -0.05) is 15.9 Å². The largest absolute Gasteiger partial charge is 0.497 e. The highest BCUT2D eigenvalue weighted by molar-refractivity contribution is 9.10. The Balaban J connectivity index is 2.49. The second-order valence-corrected chi connectivity index (χ2v) is 6.30. The van der Waals surface area contributed by atoms with Gasteiger partial charge in [0.15, 0.2) is 0 Å². The van der Waals surface area contributed by atoms with E-state index in [9.17, 15) is 19.7 Å². The zero-order valence-corrected chi connectivity index (χ0v) is 14.1. The number of methoxy groups -OCH3 is 1. The van der Waals surface area contributed by atoms with E-state index in [2.05, 4.69) is 15.9 Å². The van der Waals surface area contributed by atoms with Crippen molar-refractivity contribution < 1.29 is 24.0 Å². The third-order valence-corrected chi connectivity index (χ3v) is 3.82. The molecular formula is C15H14BrNO6. The Hall–Kier alpha value is -2.22. The van der Waals surface area contributed by atoms with Crippen molar-refractivity contribution in [2.45, 2.75) is 24.6 Å². The Morgan fingerprint density at radius 1 is 1.35 bits per heavy atom. The van der Waals surface area contributed by atoms with Crippen LogP contribution in [0, 0.1) is 10.1 Å². The van der Waals surface area contributed by atoms with E-state index in [0.717, 1.165) is 5.56 Å². The van der Waals surface area contributed by atoms with Crippen LogP contribution in [0.25, 0.3) is 5.57 Å². The van der Waals surface area contributed by atoms with E-state index in [1.807, 2.05) is 0 Å². The molecule has 0 saturated carbocycles. The Morgan fingerprint density at radius 2 is 2.04 bits per heavy atom. The lowest BCUT2D eigenvalue weighted by molar-refractivity contribution is -0.427. The zero-order chi connectivity index (χ0) is 17.1. The Labute approximate surface area is 140 Å². The van der Waals surface area contributed by atoms with E-state index in [1.165, 1.54) is 14.0 Å². The minimum atomic E-state index is -1.01. The van der Waals surface area contributed by atoms with Crippen LogP contribution in [0.3, 0.4) is 0 Å². The molecule has 2 rings (SSSR count). The topological polar surface area (TPSA) is 95.7 Å². The number of nitro groups is 1.